The number of carboxylic acids is 1. The van der Waals surface area contributed by atoms with E-state index in [9.17, 15) is 14.7 Å². The molecule has 3 N–H and O–H groups in total. The molecule has 2 aromatic rings. The van der Waals surface area contributed by atoms with Crippen LogP contribution in [0.15, 0.2) is 40.5 Å². The van der Waals surface area contributed by atoms with E-state index in [1.54, 1.807) is 25.3 Å². The molecular formula is C19H17N3O4. The number of carboxylic acid groups (broad SMARTS) is 1. The number of aryl methyl sites for hydroxylation is 1. The number of allylic oxidation sites excluding steroid dienone is 1. The molecule has 26 heavy (non-hydrogen) atoms. The number of hydrogen-bond acceptors (Lipinski definition) is 5. The highest BCUT2D eigenvalue weighted by Gasteiger charge is 2.36. The zero-order valence-electron chi connectivity index (χ0n) is 14.5. The number of fused-ring (bicyclic) bond motifs is 1. The predicted molar refractivity (Wildman–Crippen MR) is 95.3 cm³/mol. The second kappa shape index (κ2) is 6.41. The van der Waals surface area contributed by atoms with Crippen LogP contribution < -0.4 is 15.6 Å². The molecule has 0 aliphatic carbocycles. The van der Waals surface area contributed by atoms with Crippen LogP contribution in [0.4, 0.5) is 5.69 Å². The first-order valence-corrected chi connectivity index (χ1v) is 7.90. The van der Waals surface area contributed by atoms with E-state index < -0.39 is 11.9 Å². The monoisotopic (exact) mass is 351 g/mol. The highest BCUT2D eigenvalue weighted by Crippen LogP contribution is 2.44. The summed E-state index contributed by atoms with van der Waals surface area (Å²) in [5.74, 6) is -1.59. The molecule has 3 rings (SSSR count). The topological polar surface area (TPSA) is 115 Å². The van der Waals surface area contributed by atoms with E-state index in [0.29, 0.717) is 33.8 Å². The molecule has 132 valence electrons. The Kier molecular flexibility index (Phi) is 4.26. The van der Waals surface area contributed by atoms with Crippen LogP contribution in [0.2, 0.25) is 0 Å². The number of methoxy groups -OCH3 is 1. The highest BCUT2D eigenvalue weighted by atomic mass is 16.5. The van der Waals surface area contributed by atoms with Gasteiger partial charge in [-0.25, -0.2) is 4.79 Å². The van der Waals surface area contributed by atoms with Gasteiger partial charge in [-0.05, 0) is 31.5 Å². The van der Waals surface area contributed by atoms with Gasteiger partial charge in [0.15, 0.2) is 0 Å². The number of nitriles is 1. The molecule has 1 atom stereocenters. The second-order valence-corrected chi connectivity index (χ2v) is 6.06. The van der Waals surface area contributed by atoms with Gasteiger partial charge in [0, 0.05) is 17.5 Å². The third-order valence-corrected chi connectivity index (χ3v) is 4.53. The van der Waals surface area contributed by atoms with Crippen molar-refractivity contribution in [1.82, 2.24) is 4.98 Å². The number of aromatic amines is 1. The molecule has 0 spiro atoms. The number of carbonyl (C=O) groups is 1. The Balaban J connectivity index is 2.38. The molecule has 0 saturated carbocycles. The number of anilines is 1. The molecule has 0 fully saturated rings. The number of nitrogens with one attached hydrogen (secondary N) is 2. The normalized spacial score (nSPS) is 15.7. The molecule has 1 aromatic heterocycles. The highest BCUT2D eigenvalue weighted by molar-refractivity contribution is 5.93. The second-order valence-electron chi connectivity index (χ2n) is 6.06. The summed E-state index contributed by atoms with van der Waals surface area (Å²) in [5.41, 5.74) is 2.75. The van der Waals surface area contributed by atoms with Crippen molar-refractivity contribution in [3.8, 4) is 11.8 Å². The smallest absolute Gasteiger partial charge is 0.334 e. The number of aliphatic carboxylic acids is 1. The number of nitrogens with zero attached hydrogens (tertiary/aromatic N) is 1. The van der Waals surface area contributed by atoms with Gasteiger partial charge in [-0.3, -0.25) is 4.79 Å². The zero-order valence-corrected chi connectivity index (χ0v) is 14.5. The number of rotatable bonds is 3. The number of aromatic nitrogens is 1. The molecule has 0 radical (unpaired) electrons. The number of benzene rings is 1. The van der Waals surface area contributed by atoms with Crippen LogP contribution in [-0.4, -0.2) is 23.2 Å². The average Bonchev–Trinajstić information content (AvgIpc) is 2.63. The van der Waals surface area contributed by atoms with Gasteiger partial charge in [-0.1, -0.05) is 6.07 Å². The van der Waals surface area contributed by atoms with Crippen LogP contribution in [0.25, 0.3) is 0 Å². The van der Waals surface area contributed by atoms with Gasteiger partial charge in [0.2, 0.25) is 0 Å². The molecule has 7 heteroatoms. The molecule has 1 aliphatic heterocycles. The largest absolute Gasteiger partial charge is 0.496 e. The fourth-order valence-corrected chi connectivity index (χ4v) is 3.32. The third-order valence-electron chi connectivity index (χ3n) is 4.53. The van der Waals surface area contributed by atoms with Gasteiger partial charge in [-0.2, -0.15) is 5.26 Å². The van der Waals surface area contributed by atoms with Crippen LogP contribution >= 0.6 is 0 Å². The van der Waals surface area contributed by atoms with Gasteiger partial charge < -0.3 is 20.1 Å². The van der Waals surface area contributed by atoms with Crippen molar-refractivity contribution in [3.05, 3.63) is 68.3 Å². The van der Waals surface area contributed by atoms with Crippen LogP contribution in [0.1, 0.15) is 35.1 Å². The first-order valence-electron chi connectivity index (χ1n) is 7.90. The molecule has 1 aromatic carbocycles. The Bertz CT molecular complexity index is 1040. The van der Waals surface area contributed by atoms with Crippen molar-refractivity contribution in [3.63, 3.8) is 0 Å². The van der Waals surface area contributed by atoms with E-state index in [0.717, 1.165) is 5.56 Å². The lowest BCUT2D eigenvalue weighted by Gasteiger charge is -2.30. The van der Waals surface area contributed by atoms with Crippen molar-refractivity contribution in [1.29, 1.82) is 5.26 Å². The maximum atomic E-state index is 12.6. The fraction of sp³-hybridized carbons (Fsp3) is 0.211. The van der Waals surface area contributed by atoms with Crippen molar-refractivity contribution >= 4 is 11.7 Å². The first kappa shape index (κ1) is 17.3. The lowest BCUT2D eigenvalue weighted by molar-refractivity contribution is -0.133. The van der Waals surface area contributed by atoms with Crippen LogP contribution in [0, 0.1) is 18.3 Å². The Hall–Kier alpha value is -3.53. The van der Waals surface area contributed by atoms with Crippen molar-refractivity contribution in [2.45, 2.75) is 19.8 Å². The molecule has 0 amide bonds. The number of ether oxygens (including phenoxy) is 1. The minimum absolute atomic E-state index is 0.0663. The molecule has 1 aliphatic rings. The SMILES string of the molecule is COc1cc(C#N)ccc1[C@@H]1C(C(=O)O)=C(C)Nc2c(C)c[nH]c(=O)c21. The molecule has 2 heterocycles. The fourth-order valence-electron chi connectivity index (χ4n) is 3.32. The lowest BCUT2D eigenvalue weighted by Crippen LogP contribution is -2.29. The third kappa shape index (κ3) is 2.62. The van der Waals surface area contributed by atoms with Gasteiger partial charge in [0.25, 0.3) is 5.56 Å². The Morgan fingerprint density at radius 2 is 2.08 bits per heavy atom. The average molecular weight is 351 g/mol. The van der Waals surface area contributed by atoms with Crippen molar-refractivity contribution < 1.29 is 14.6 Å². The van der Waals surface area contributed by atoms with Crippen molar-refractivity contribution in [2.24, 2.45) is 0 Å². The number of H-pyrrole nitrogens is 1. The van der Waals surface area contributed by atoms with Crippen molar-refractivity contribution in [2.75, 3.05) is 12.4 Å². The summed E-state index contributed by atoms with van der Waals surface area (Å²) < 4.78 is 5.39. The Labute approximate surface area is 149 Å². The van der Waals surface area contributed by atoms with E-state index in [-0.39, 0.29) is 11.1 Å². The standard InChI is InChI=1S/C19H17N3O4/c1-9-8-21-18(23)16-15(14(19(24)25)10(2)22-17(9)16)12-5-4-11(7-20)6-13(12)26-3/h4-6,8,15,22H,1-3H3,(H,21,23)(H,24,25)/t15-/m1/s1. The maximum Gasteiger partial charge on any atom is 0.334 e. The minimum atomic E-state index is -1.13. The molecular weight excluding hydrogens is 334 g/mol. The van der Waals surface area contributed by atoms with Gasteiger partial charge in [0.1, 0.15) is 5.75 Å². The molecule has 0 saturated heterocycles. The summed E-state index contributed by atoms with van der Waals surface area (Å²) in [6.07, 6.45) is 1.58. The van der Waals surface area contributed by atoms with E-state index in [4.69, 9.17) is 10.00 Å². The summed E-state index contributed by atoms with van der Waals surface area (Å²) in [6.45, 7) is 3.49. The lowest BCUT2D eigenvalue weighted by atomic mass is 9.80. The summed E-state index contributed by atoms with van der Waals surface area (Å²) in [7, 11) is 1.44. The summed E-state index contributed by atoms with van der Waals surface area (Å²) in [4.78, 5) is 27.2. The van der Waals surface area contributed by atoms with E-state index in [1.165, 1.54) is 13.2 Å². The predicted octanol–water partition coefficient (Wildman–Crippen LogP) is 2.48. The number of hydrogen-bond donors (Lipinski definition) is 3. The number of pyridine rings is 1. The zero-order chi connectivity index (χ0) is 19.0. The van der Waals surface area contributed by atoms with Gasteiger partial charge in [0.05, 0.1) is 41.5 Å². The quantitative estimate of drug-likeness (QED) is 0.782. The van der Waals surface area contributed by atoms with Gasteiger partial charge in [-0.15, -0.1) is 0 Å². The molecule has 7 nitrogen and oxygen atoms in total. The Morgan fingerprint density at radius 1 is 1.35 bits per heavy atom. The van der Waals surface area contributed by atoms with Gasteiger partial charge >= 0.3 is 5.97 Å². The molecule has 0 bridgehead atoms. The first-order chi connectivity index (χ1) is 12.4. The van der Waals surface area contributed by atoms with E-state index in [1.807, 2.05) is 13.0 Å². The molecule has 0 unspecified atom stereocenters. The summed E-state index contributed by atoms with van der Waals surface area (Å²) in [6, 6.07) is 6.78. The Morgan fingerprint density at radius 3 is 2.69 bits per heavy atom. The van der Waals surface area contributed by atoms with Crippen LogP contribution in [-0.2, 0) is 4.79 Å². The minimum Gasteiger partial charge on any atom is -0.496 e. The summed E-state index contributed by atoms with van der Waals surface area (Å²) in [5, 5.41) is 21.9. The van der Waals surface area contributed by atoms with E-state index in [2.05, 4.69) is 10.3 Å². The summed E-state index contributed by atoms with van der Waals surface area (Å²) >= 11 is 0. The van der Waals surface area contributed by atoms with Crippen LogP contribution in [0.5, 0.6) is 5.75 Å². The maximum absolute atomic E-state index is 12.6. The van der Waals surface area contributed by atoms with Crippen LogP contribution in [0.3, 0.4) is 0 Å². The van der Waals surface area contributed by atoms with E-state index >= 15 is 0 Å².